The fourth-order valence-corrected chi connectivity index (χ4v) is 6.37. The van der Waals surface area contributed by atoms with E-state index in [1.54, 1.807) is 39.2 Å². The Bertz CT molecular complexity index is 1560. The van der Waals surface area contributed by atoms with E-state index in [4.69, 9.17) is 0 Å². The normalized spacial score (nSPS) is 16.7. The Balaban J connectivity index is 0.00000220. The van der Waals surface area contributed by atoms with E-state index in [1.165, 1.54) is 35.7 Å². The minimum Gasteiger partial charge on any atom is -0.368 e. The van der Waals surface area contributed by atoms with Crippen molar-refractivity contribution in [1.82, 2.24) is 14.5 Å². The maximum atomic E-state index is 13.2. The van der Waals surface area contributed by atoms with E-state index in [-0.39, 0.29) is 31.4 Å². The highest BCUT2D eigenvalue weighted by Gasteiger charge is 2.31. The topological polar surface area (TPSA) is 87.5 Å². The number of carbonyl (C=O) groups is 1. The van der Waals surface area contributed by atoms with Gasteiger partial charge in [0.2, 0.25) is 5.91 Å². The molecule has 0 unspecified atom stereocenters. The molecule has 5 rings (SSSR count). The van der Waals surface area contributed by atoms with Crippen molar-refractivity contribution < 1.29 is 29.2 Å². The number of aromatic nitrogens is 2. The van der Waals surface area contributed by atoms with Gasteiger partial charge in [0.05, 0.1) is 10.5 Å². The van der Waals surface area contributed by atoms with E-state index < -0.39 is 21.8 Å². The van der Waals surface area contributed by atoms with Crippen LogP contribution in [-0.4, -0.2) is 54.5 Å². The van der Waals surface area contributed by atoms with E-state index >= 15 is 0 Å². The molecular formula is C25H28F3N5O3S2. The molecule has 0 saturated carbocycles. The summed E-state index contributed by atoms with van der Waals surface area (Å²) in [4.78, 5) is 21.0. The number of fused-ring (bicyclic) bond motifs is 1. The number of hydrogen-bond acceptors (Lipinski definition) is 6. The smallest absolute Gasteiger partial charge is 0.368 e. The molecule has 2 aromatic heterocycles. The summed E-state index contributed by atoms with van der Waals surface area (Å²) in [6.07, 6.45) is -1.32. The molecule has 1 amide bonds. The average Bonchev–Trinajstić information content (AvgIpc) is 3.53. The van der Waals surface area contributed by atoms with Gasteiger partial charge in [-0.15, -0.1) is 11.3 Å². The highest BCUT2D eigenvalue weighted by molar-refractivity contribution is 7.93. The number of sulfonamides is 1. The summed E-state index contributed by atoms with van der Waals surface area (Å²) in [5.41, 5.74) is 0.434. The molecule has 0 radical (unpaired) electrons. The highest BCUT2D eigenvalue weighted by Crippen LogP contribution is 2.32. The van der Waals surface area contributed by atoms with Crippen LogP contribution in [0.1, 0.15) is 15.3 Å². The molecule has 0 bridgehead atoms. The first kappa shape index (κ1) is 26.0. The number of thiazole rings is 1. The average molecular weight is 568 g/mol. The number of nitrogens with one attached hydrogen (secondary N) is 1. The zero-order valence-electron chi connectivity index (χ0n) is 20.2. The first-order valence-electron chi connectivity index (χ1n) is 11.7. The lowest BCUT2D eigenvalue weighted by Gasteiger charge is -2.41. The standard InChI is InChI=1S/C25H24F3N5O3S2.2H2/c1-17-15-31(20-4-6-21(7-5-20)38(35,36)30-24-29-9-13-37-24)11-12-33(17)23(34)16-32-10-8-18-2-3-19(14-22(18)32)25(26,27)28;;/h2-10,13-14,17H,11-12,15-16H2,1H3,(H,29,30);2*1H/t17-;;/m1../s1. The predicted molar refractivity (Wildman–Crippen MR) is 144 cm³/mol. The van der Waals surface area contributed by atoms with Crippen molar-refractivity contribution in [3.63, 3.8) is 0 Å². The van der Waals surface area contributed by atoms with Gasteiger partial charge in [-0.1, -0.05) is 6.07 Å². The number of alkyl halides is 3. The third-order valence-corrected chi connectivity index (χ3v) is 8.69. The van der Waals surface area contributed by atoms with Gasteiger partial charge in [-0.2, -0.15) is 13.2 Å². The zero-order valence-corrected chi connectivity index (χ0v) is 21.9. The largest absolute Gasteiger partial charge is 0.416 e. The lowest BCUT2D eigenvalue weighted by atomic mass is 10.1. The minimum atomic E-state index is -4.46. The third kappa shape index (κ3) is 5.34. The Hall–Kier alpha value is -3.58. The summed E-state index contributed by atoms with van der Waals surface area (Å²) >= 11 is 1.19. The predicted octanol–water partition coefficient (Wildman–Crippen LogP) is 5.15. The van der Waals surface area contributed by atoms with Gasteiger partial charge in [-0.25, -0.2) is 13.4 Å². The lowest BCUT2D eigenvalue weighted by molar-refractivity contribution is -0.137. The van der Waals surface area contributed by atoms with Crippen LogP contribution in [-0.2, 0) is 27.5 Å². The van der Waals surface area contributed by atoms with Gasteiger partial charge in [-0.05, 0) is 54.8 Å². The fraction of sp³-hybridized carbons (Fsp3) is 0.280. The molecular weight excluding hydrogens is 539 g/mol. The van der Waals surface area contributed by atoms with Crippen LogP contribution in [0.25, 0.3) is 10.9 Å². The first-order chi connectivity index (χ1) is 18.0. The summed E-state index contributed by atoms with van der Waals surface area (Å²) in [5, 5.41) is 2.60. The number of hydrogen-bond donors (Lipinski definition) is 1. The number of benzene rings is 2. The number of amides is 1. The van der Waals surface area contributed by atoms with Gasteiger partial charge in [0.25, 0.3) is 10.0 Å². The van der Waals surface area contributed by atoms with E-state index in [9.17, 15) is 26.4 Å². The fourth-order valence-electron chi connectivity index (χ4n) is 4.58. The molecule has 3 heterocycles. The monoisotopic (exact) mass is 567 g/mol. The van der Waals surface area contributed by atoms with Gasteiger partial charge in [0.1, 0.15) is 6.54 Å². The molecule has 4 aromatic rings. The van der Waals surface area contributed by atoms with Crippen molar-refractivity contribution in [2.24, 2.45) is 0 Å². The second-order valence-corrected chi connectivity index (χ2v) is 11.6. The number of anilines is 2. The SMILES string of the molecule is C[C@@H]1CN(c2ccc(S(=O)(=O)Nc3nccs3)cc2)CCN1C(=O)Cn1ccc2ccc(C(F)(F)F)cc21.[HH].[HH]. The Labute approximate surface area is 224 Å². The molecule has 1 aliphatic heterocycles. The number of rotatable bonds is 6. The summed E-state index contributed by atoms with van der Waals surface area (Å²) in [5.74, 6) is -0.179. The number of piperazine rings is 1. The lowest BCUT2D eigenvalue weighted by Crippen LogP contribution is -2.54. The van der Waals surface area contributed by atoms with E-state index in [0.29, 0.717) is 30.5 Å². The first-order valence-corrected chi connectivity index (χ1v) is 14.1. The van der Waals surface area contributed by atoms with Crippen LogP contribution in [0.5, 0.6) is 0 Å². The summed E-state index contributed by atoms with van der Waals surface area (Å²) in [6.45, 7) is 3.34. The summed E-state index contributed by atoms with van der Waals surface area (Å²) in [6, 6.07) is 11.6. The molecule has 1 fully saturated rings. The van der Waals surface area contributed by atoms with Crippen LogP contribution in [0, 0.1) is 0 Å². The highest BCUT2D eigenvalue weighted by atomic mass is 32.2. The van der Waals surface area contributed by atoms with Crippen LogP contribution in [0.3, 0.4) is 0 Å². The molecule has 0 aliphatic carbocycles. The minimum absolute atomic E-state index is 0. The molecule has 13 heteroatoms. The van der Waals surface area contributed by atoms with Gasteiger partial charge in [-0.3, -0.25) is 9.52 Å². The van der Waals surface area contributed by atoms with Crippen LogP contribution in [0.4, 0.5) is 24.0 Å². The summed E-state index contributed by atoms with van der Waals surface area (Å²) in [7, 11) is -3.75. The van der Waals surface area contributed by atoms with E-state index in [2.05, 4.69) is 14.6 Å². The maximum absolute atomic E-state index is 13.2. The molecule has 1 atom stereocenters. The second kappa shape index (κ2) is 9.95. The zero-order chi connectivity index (χ0) is 27.1. The summed E-state index contributed by atoms with van der Waals surface area (Å²) < 4.78 is 68.6. The van der Waals surface area contributed by atoms with Crippen molar-refractivity contribution in [2.75, 3.05) is 29.3 Å². The van der Waals surface area contributed by atoms with Crippen molar-refractivity contribution in [3.05, 3.63) is 71.9 Å². The van der Waals surface area contributed by atoms with Gasteiger partial charge in [0.15, 0.2) is 5.13 Å². The quantitative estimate of drug-likeness (QED) is 0.348. The molecule has 38 heavy (non-hydrogen) atoms. The van der Waals surface area contributed by atoms with Crippen LogP contribution < -0.4 is 9.62 Å². The van der Waals surface area contributed by atoms with E-state index in [0.717, 1.165) is 17.8 Å². The maximum Gasteiger partial charge on any atom is 0.416 e. The van der Waals surface area contributed by atoms with Crippen LogP contribution in [0.15, 0.2) is 71.2 Å². The molecule has 204 valence electrons. The van der Waals surface area contributed by atoms with Gasteiger partial charge >= 0.3 is 6.18 Å². The third-order valence-electron chi connectivity index (χ3n) is 6.52. The Morgan fingerprint density at radius 2 is 1.92 bits per heavy atom. The molecule has 1 aliphatic rings. The van der Waals surface area contributed by atoms with Crippen LogP contribution >= 0.6 is 11.3 Å². The number of halogens is 3. The number of carbonyl (C=O) groups excluding carboxylic acids is 1. The molecule has 8 nitrogen and oxygen atoms in total. The van der Waals surface area contributed by atoms with Crippen molar-refractivity contribution in [1.29, 1.82) is 0 Å². The Kier molecular flexibility index (Phi) is 6.82. The molecule has 1 N–H and O–H groups in total. The molecule has 1 saturated heterocycles. The number of nitrogens with zero attached hydrogens (tertiary/aromatic N) is 4. The second-order valence-electron chi connectivity index (χ2n) is 9.03. The van der Waals surface area contributed by atoms with Gasteiger partial charge in [0, 0.05) is 57.5 Å². The van der Waals surface area contributed by atoms with Gasteiger partial charge < -0.3 is 14.4 Å². The Morgan fingerprint density at radius 1 is 1.16 bits per heavy atom. The van der Waals surface area contributed by atoms with Crippen molar-refractivity contribution in [3.8, 4) is 0 Å². The molecule has 2 aromatic carbocycles. The Morgan fingerprint density at radius 3 is 2.58 bits per heavy atom. The van der Waals surface area contributed by atoms with Crippen molar-refractivity contribution >= 4 is 49.0 Å². The van der Waals surface area contributed by atoms with Crippen molar-refractivity contribution in [2.45, 2.75) is 30.6 Å². The van der Waals surface area contributed by atoms with E-state index in [1.807, 2.05) is 6.92 Å². The molecule has 0 spiro atoms. The van der Waals surface area contributed by atoms with Crippen LogP contribution in [0.2, 0.25) is 0 Å².